The SMILES string of the molecule is CCNC(=O)N1CC(N(CCN2CCCC2)S(=O)(=O)c2ccccc2)C1. The number of urea groups is 1. The summed E-state index contributed by atoms with van der Waals surface area (Å²) in [6.07, 6.45) is 2.36. The monoisotopic (exact) mass is 380 g/mol. The van der Waals surface area contributed by atoms with Gasteiger partial charge in [-0.05, 0) is 45.0 Å². The van der Waals surface area contributed by atoms with E-state index in [2.05, 4.69) is 10.2 Å². The number of nitrogens with zero attached hydrogens (tertiary/aromatic N) is 3. The molecule has 2 heterocycles. The minimum Gasteiger partial charge on any atom is -0.338 e. The van der Waals surface area contributed by atoms with E-state index < -0.39 is 10.0 Å². The number of likely N-dealkylation sites (tertiary alicyclic amines) is 2. The lowest BCUT2D eigenvalue weighted by Crippen LogP contribution is -2.64. The molecular formula is C18H28N4O3S. The van der Waals surface area contributed by atoms with Crippen LogP contribution in [0.3, 0.4) is 0 Å². The van der Waals surface area contributed by atoms with Gasteiger partial charge in [0.25, 0.3) is 0 Å². The van der Waals surface area contributed by atoms with Gasteiger partial charge < -0.3 is 15.1 Å². The highest BCUT2D eigenvalue weighted by atomic mass is 32.2. The van der Waals surface area contributed by atoms with Crippen LogP contribution < -0.4 is 5.32 Å². The van der Waals surface area contributed by atoms with Crippen LogP contribution in [0.2, 0.25) is 0 Å². The molecule has 0 aromatic heterocycles. The van der Waals surface area contributed by atoms with Gasteiger partial charge >= 0.3 is 6.03 Å². The highest BCUT2D eigenvalue weighted by Gasteiger charge is 2.40. The summed E-state index contributed by atoms with van der Waals surface area (Å²) >= 11 is 0. The number of rotatable bonds is 7. The van der Waals surface area contributed by atoms with Crippen LogP contribution in [0.15, 0.2) is 35.2 Å². The minimum atomic E-state index is -3.57. The summed E-state index contributed by atoms with van der Waals surface area (Å²) in [7, 11) is -3.57. The Morgan fingerprint density at radius 2 is 1.85 bits per heavy atom. The van der Waals surface area contributed by atoms with Gasteiger partial charge in [-0.3, -0.25) is 0 Å². The van der Waals surface area contributed by atoms with Crippen molar-refractivity contribution in [1.82, 2.24) is 19.4 Å². The van der Waals surface area contributed by atoms with Gasteiger partial charge in [0.05, 0.1) is 10.9 Å². The lowest BCUT2D eigenvalue weighted by molar-refractivity contribution is 0.0969. The average molecular weight is 381 g/mol. The van der Waals surface area contributed by atoms with E-state index in [1.807, 2.05) is 13.0 Å². The number of sulfonamides is 1. The van der Waals surface area contributed by atoms with Crippen LogP contribution in [-0.2, 0) is 10.0 Å². The number of carbonyl (C=O) groups excluding carboxylic acids is 1. The van der Waals surface area contributed by atoms with Crippen molar-refractivity contribution in [3.8, 4) is 0 Å². The Morgan fingerprint density at radius 3 is 2.46 bits per heavy atom. The van der Waals surface area contributed by atoms with Crippen LogP contribution in [0.25, 0.3) is 0 Å². The molecule has 2 fully saturated rings. The van der Waals surface area contributed by atoms with Gasteiger partial charge in [-0.1, -0.05) is 18.2 Å². The number of amides is 2. The lowest BCUT2D eigenvalue weighted by Gasteiger charge is -2.44. The van der Waals surface area contributed by atoms with Gasteiger partial charge in [0.2, 0.25) is 10.0 Å². The van der Waals surface area contributed by atoms with E-state index in [-0.39, 0.29) is 12.1 Å². The van der Waals surface area contributed by atoms with E-state index >= 15 is 0 Å². The molecule has 144 valence electrons. The maximum absolute atomic E-state index is 13.2. The van der Waals surface area contributed by atoms with Gasteiger partial charge in [0.1, 0.15) is 0 Å². The van der Waals surface area contributed by atoms with Crippen molar-refractivity contribution in [2.75, 3.05) is 45.8 Å². The molecule has 8 heteroatoms. The van der Waals surface area contributed by atoms with Gasteiger partial charge in [-0.25, -0.2) is 13.2 Å². The molecule has 0 spiro atoms. The first-order valence-corrected chi connectivity index (χ1v) is 10.8. The van der Waals surface area contributed by atoms with E-state index in [4.69, 9.17) is 0 Å². The molecule has 0 bridgehead atoms. The largest absolute Gasteiger partial charge is 0.338 e. The average Bonchev–Trinajstić information content (AvgIpc) is 3.11. The maximum Gasteiger partial charge on any atom is 0.317 e. The van der Waals surface area contributed by atoms with Crippen molar-refractivity contribution in [1.29, 1.82) is 0 Å². The van der Waals surface area contributed by atoms with Gasteiger partial charge in [-0.2, -0.15) is 4.31 Å². The molecule has 7 nitrogen and oxygen atoms in total. The number of hydrogen-bond donors (Lipinski definition) is 1. The molecule has 0 unspecified atom stereocenters. The van der Waals surface area contributed by atoms with Gasteiger partial charge in [0.15, 0.2) is 0 Å². The quantitative estimate of drug-likeness (QED) is 0.771. The first-order valence-electron chi connectivity index (χ1n) is 9.34. The molecule has 2 aliphatic rings. The first kappa shape index (κ1) is 19.1. The minimum absolute atomic E-state index is 0.125. The fourth-order valence-corrected chi connectivity index (χ4v) is 5.16. The summed E-state index contributed by atoms with van der Waals surface area (Å²) in [5, 5.41) is 2.76. The summed E-state index contributed by atoms with van der Waals surface area (Å²) in [5.74, 6) is 0. The standard InChI is InChI=1S/C18H28N4O3S/c1-2-19-18(23)21-14-16(15-21)22(13-12-20-10-6-7-11-20)26(24,25)17-8-4-3-5-9-17/h3-5,8-9,16H,2,6-7,10-15H2,1H3,(H,19,23). The Labute approximate surface area is 156 Å². The third-order valence-electron chi connectivity index (χ3n) is 5.07. The van der Waals surface area contributed by atoms with Crippen molar-refractivity contribution < 1.29 is 13.2 Å². The van der Waals surface area contributed by atoms with Gasteiger partial charge in [-0.15, -0.1) is 0 Å². The van der Waals surface area contributed by atoms with E-state index in [1.165, 1.54) is 12.8 Å². The Balaban J connectivity index is 1.71. The molecule has 0 atom stereocenters. The number of nitrogens with one attached hydrogen (secondary N) is 1. The highest BCUT2D eigenvalue weighted by Crippen LogP contribution is 2.24. The second-order valence-corrected chi connectivity index (χ2v) is 8.76. The topological polar surface area (TPSA) is 73.0 Å². The molecule has 0 aliphatic carbocycles. The zero-order valence-corrected chi connectivity index (χ0v) is 16.1. The molecule has 1 aromatic rings. The van der Waals surface area contributed by atoms with E-state index in [0.717, 1.165) is 19.6 Å². The fraction of sp³-hybridized carbons (Fsp3) is 0.611. The third-order valence-corrected chi connectivity index (χ3v) is 7.04. The number of hydrogen-bond acceptors (Lipinski definition) is 4. The summed E-state index contributed by atoms with van der Waals surface area (Å²) in [4.78, 5) is 16.2. The molecule has 1 N–H and O–H groups in total. The van der Waals surface area contributed by atoms with Crippen LogP contribution in [-0.4, -0.2) is 80.4 Å². The van der Waals surface area contributed by atoms with Gasteiger partial charge in [0, 0.05) is 32.7 Å². The zero-order valence-electron chi connectivity index (χ0n) is 15.3. The van der Waals surface area contributed by atoms with Crippen molar-refractivity contribution in [2.45, 2.75) is 30.7 Å². The van der Waals surface area contributed by atoms with Crippen LogP contribution in [0.4, 0.5) is 4.79 Å². The molecule has 0 saturated carbocycles. The highest BCUT2D eigenvalue weighted by molar-refractivity contribution is 7.89. The predicted molar refractivity (Wildman–Crippen MR) is 100 cm³/mol. The van der Waals surface area contributed by atoms with Crippen molar-refractivity contribution in [3.05, 3.63) is 30.3 Å². The number of carbonyl (C=O) groups is 1. The van der Waals surface area contributed by atoms with Crippen LogP contribution in [0.1, 0.15) is 19.8 Å². The Bertz CT molecular complexity index is 698. The molecule has 26 heavy (non-hydrogen) atoms. The molecule has 2 saturated heterocycles. The molecule has 0 radical (unpaired) electrons. The summed E-state index contributed by atoms with van der Waals surface area (Å²) < 4.78 is 27.9. The third kappa shape index (κ3) is 4.19. The normalized spacial score (nSPS) is 18.9. The second-order valence-electron chi connectivity index (χ2n) is 6.87. The van der Waals surface area contributed by atoms with E-state index in [0.29, 0.717) is 31.1 Å². The molecule has 1 aromatic carbocycles. The Hall–Kier alpha value is -1.64. The lowest BCUT2D eigenvalue weighted by atomic mass is 10.1. The maximum atomic E-state index is 13.2. The van der Waals surface area contributed by atoms with Crippen molar-refractivity contribution >= 4 is 16.1 Å². The Morgan fingerprint density at radius 1 is 1.19 bits per heavy atom. The first-order chi connectivity index (χ1) is 12.5. The van der Waals surface area contributed by atoms with Crippen LogP contribution in [0, 0.1) is 0 Å². The van der Waals surface area contributed by atoms with E-state index in [9.17, 15) is 13.2 Å². The van der Waals surface area contributed by atoms with E-state index in [1.54, 1.807) is 33.5 Å². The molecule has 2 amide bonds. The smallest absolute Gasteiger partial charge is 0.317 e. The summed E-state index contributed by atoms with van der Waals surface area (Å²) in [6.45, 7) is 6.60. The second kappa shape index (κ2) is 8.37. The van der Waals surface area contributed by atoms with Crippen LogP contribution >= 0.6 is 0 Å². The summed E-state index contributed by atoms with van der Waals surface area (Å²) in [5.41, 5.74) is 0. The molecule has 2 aliphatic heterocycles. The van der Waals surface area contributed by atoms with Crippen molar-refractivity contribution in [3.63, 3.8) is 0 Å². The molecule has 3 rings (SSSR count). The zero-order chi connectivity index (χ0) is 18.6. The Kier molecular flexibility index (Phi) is 6.16. The molecular weight excluding hydrogens is 352 g/mol. The number of benzene rings is 1. The fourth-order valence-electron chi connectivity index (χ4n) is 3.54. The summed E-state index contributed by atoms with van der Waals surface area (Å²) in [6, 6.07) is 8.29. The van der Waals surface area contributed by atoms with Crippen molar-refractivity contribution in [2.24, 2.45) is 0 Å². The predicted octanol–water partition coefficient (Wildman–Crippen LogP) is 1.19. The van der Waals surface area contributed by atoms with Crippen LogP contribution in [0.5, 0.6) is 0 Å².